The first-order valence-corrected chi connectivity index (χ1v) is 33.7. The second-order valence-electron chi connectivity index (χ2n) is 22.8. The van der Waals surface area contributed by atoms with Crippen LogP contribution in [0.5, 0.6) is 11.5 Å². The van der Waals surface area contributed by atoms with Crippen molar-refractivity contribution in [3.05, 3.63) is 87.9 Å². The number of ketones is 2. The van der Waals surface area contributed by atoms with Crippen molar-refractivity contribution in [3.8, 4) is 11.5 Å². The molecule has 2 aliphatic heterocycles. The van der Waals surface area contributed by atoms with E-state index in [-0.39, 0.29) is 216 Å². The molecule has 7 fully saturated rings. The largest absolute Gasteiger partial charge is 0.493 e. The van der Waals surface area contributed by atoms with Gasteiger partial charge in [0, 0.05) is 206 Å². The Morgan fingerprint density at radius 2 is 0.925 bits per heavy atom. The predicted octanol–water partition coefficient (Wildman–Crippen LogP) is 5.32. The molecule has 2 heterocycles. The number of ether oxygens (including phenoxy) is 8. The molecule has 5 saturated carbocycles. The molecule has 0 bridgehead atoms. The number of likely N-dealkylation sites (tertiary alicyclic amines) is 1. The minimum absolute atomic E-state index is 0. The van der Waals surface area contributed by atoms with E-state index in [0.29, 0.717) is 93.6 Å². The predicted molar refractivity (Wildman–Crippen MR) is 369 cm³/mol. The Labute approximate surface area is 730 Å². The second kappa shape index (κ2) is 70.2. The Bertz CT molecular complexity index is 2710. The van der Waals surface area contributed by atoms with Crippen LogP contribution in [0.15, 0.2) is 54.7 Å². The van der Waals surface area contributed by atoms with Crippen LogP contribution in [-0.2, 0) is 228 Å². The molecule has 1 aromatic carbocycles. The molecule has 0 aromatic heterocycles. The number of carbonyl (C=O) groups is 13. The van der Waals surface area contributed by atoms with Gasteiger partial charge in [-0.15, -0.1) is 11.6 Å². The van der Waals surface area contributed by atoms with Gasteiger partial charge in [0.1, 0.15) is 12.2 Å². The number of rotatable bonds is 20. The summed E-state index contributed by atoms with van der Waals surface area (Å²) < 4.78 is 40.1. The van der Waals surface area contributed by atoms with E-state index >= 15 is 0 Å². The monoisotopic (exact) mass is 1840 g/mol. The summed E-state index contributed by atoms with van der Waals surface area (Å²) in [4.78, 5) is 135. The average Bonchev–Trinajstić information content (AvgIpc) is 1.67. The van der Waals surface area contributed by atoms with E-state index in [1.54, 1.807) is 14.2 Å². The fraction of sp³-hybridized carbons (Fsp3) is 0.586. The Hall–Kier alpha value is -3.66. The van der Waals surface area contributed by atoms with Gasteiger partial charge in [0.2, 0.25) is 12.0 Å². The van der Waals surface area contributed by atoms with Crippen molar-refractivity contribution in [2.45, 2.75) is 215 Å². The molecule has 2 saturated heterocycles. The summed E-state index contributed by atoms with van der Waals surface area (Å²) in [5.41, 5.74) is 12.7. The van der Waals surface area contributed by atoms with Crippen LogP contribution in [0.1, 0.15) is 154 Å². The van der Waals surface area contributed by atoms with E-state index in [4.69, 9.17) is 87.2 Å². The number of methoxy groups -OCH3 is 2. The van der Waals surface area contributed by atoms with Crippen LogP contribution in [-0.4, -0.2) is 230 Å². The smallest absolute Gasteiger partial charge is 0.355 e. The molecule has 12 N–H and O–H groups in total. The van der Waals surface area contributed by atoms with Gasteiger partial charge < -0.3 is 118 Å². The summed E-state index contributed by atoms with van der Waals surface area (Å²) in [6, 6.07) is 5.92. The second-order valence-corrected chi connectivity index (χ2v) is 23.4. The molecule has 2 amide bonds. The molecule has 596 valence electrons. The summed E-state index contributed by atoms with van der Waals surface area (Å²) in [5.74, 6) is -8.43. The van der Waals surface area contributed by atoms with Gasteiger partial charge in [0.25, 0.3) is 5.91 Å². The number of hydrogen-bond acceptors (Lipinski definition) is 25. The van der Waals surface area contributed by atoms with E-state index in [1.165, 1.54) is 30.6 Å². The van der Waals surface area contributed by atoms with E-state index in [9.17, 15) is 67.4 Å². The fourth-order valence-corrected chi connectivity index (χ4v) is 10.5. The molecule has 37 heteroatoms. The Morgan fingerprint density at radius 1 is 0.533 bits per heavy atom. The van der Waals surface area contributed by atoms with E-state index in [2.05, 4.69) is 37.2 Å². The number of nitrogens with two attached hydrogens (primary N) is 2. The van der Waals surface area contributed by atoms with Gasteiger partial charge in [-0.1, -0.05) is 77.4 Å². The number of hydrogen-bond donors (Lipinski definition) is 10. The van der Waals surface area contributed by atoms with Crippen LogP contribution in [0.25, 0.3) is 0 Å². The van der Waals surface area contributed by atoms with Crippen LogP contribution in [0, 0.1) is 27.7 Å². The number of amides is 2. The number of benzene rings is 1. The third-order valence-corrected chi connectivity index (χ3v) is 15.5. The van der Waals surface area contributed by atoms with Crippen LogP contribution >= 0.6 is 11.6 Å². The van der Waals surface area contributed by atoms with Crippen LogP contribution < -0.4 is 20.9 Å². The Kier molecular flexibility index (Phi) is 75.0. The van der Waals surface area contributed by atoms with Crippen molar-refractivity contribution < 1.29 is 272 Å². The zero-order chi connectivity index (χ0) is 78.4. The first kappa shape index (κ1) is 114. The summed E-state index contributed by atoms with van der Waals surface area (Å²) in [6.45, 7) is 17.6. The van der Waals surface area contributed by atoms with E-state index < -0.39 is 71.8 Å². The molecule has 5 aliphatic carbocycles. The van der Waals surface area contributed by atoms with E-state index in [1.807, 2.05) is 18.2 Å². The molecule has 7 aliphatic rings. The third-order valence-electron chi connectivity index (χ3n) is 15.1. The molecule has 0 spiro atoms. The molecule has 2 unspecified atom stereocenters. The quantitative estimate of drug-likeness (QED) is 0.0197. The van der Waals surface area contributed by atoms with Crippen molar-refractivity contribution in [2.75, 3.05) is 47.3 Å². The maximum atomic E-state index is 11.7. The topological polar surface area (TPSA) is 513 Å². The molecule has 8 rings (SSSR count). The standard InChI is InChI=1S/C12H18NO4.C10H14O3.2C8H16NO.C8H13O2.C6H9ClO.C6H6O5.3C4H4O4.4Y/c1-2-17-10-6-4-3-5-8(10)13-11(15)7-9(14)12(13)16;1-12-9-4-3-8(5-6-11)7-10(9)13-2;3*1-2-10-8-6-4-3-5-7(8)9;7-5-3-1-2-4-6(5)8;1-3(7)10-4-2-5(8)11-6(4)9;3*5-3(6)1-2-4(7)8;;;;/h8-10,14H,1-7H2;3-4,7,11H,5-6H2,1-2H3;2*7-8H,1-6,9H2;8H,1-6H2;5H,1-4H2;4H,2H2,1H3;3*1-2H,(H,5,6)(H,7,8);;;;/q-1;;3*-1;;;;;;;;;/b;;;;;;;3*2-1-;;;;/t8-,9-,10-;;2*7-,8-;;;4-;;;;;;;/m1.11..1......./s1. The number of alkyl halides is 1. The van der Waals surface area contributed by atoms with Crippen LogP contribution in [0.4, 0.5) is 0 Å². The van der Waals surface area contributed by atoms with Gasteiger partial charge in [-0.3, -0.25) is 33.7 Å². The van der Waals surface area contributed by atoms with Crippen molar-refractivity contribution in [1.29, 1.82) is 0 Å². The van der Waals surface area contributed by atoms with Gasteiger partial charge >= 0.3 is 53.7 Å². The molecule has 107 heavy (non-hydrogen) atoms. The number of aliphatic hydroxyl groups is 2. The van der Waals surface area contributed by atoms with Gasteiger partial charge in [0.15, 0.2) is 23.1 Å². The zero-order valence-electron chi connectivity index (χ0n) is 61.0. The van der Waals surface area contributed by atoms with Crippen LogP contribution in [0.3, 0.4) is 0 Å². The minimum Gasteiger partial charge on any atom is -0.493 e. The van der Waals surface area contributed by atoms with Crippen LogP contribution in [0.2, 0.25) is 0 Å². The number of aliphatic hydroxyl groups excluding tert-OH is 2. The van der Waals surface area contributed by atoms with Gasteiger partial charge in [0.05, 0.1) is 56.8 Å². The van der Waals surface area contributed by atoms with Crippen molar-refractivity contribution in [3.63, 3.8) is 0 Å². The Morgan fingerprint density at radius 3 is 1.25 bits per heavy atom. The number of nitrogens with zero attached hydrogens (tertiary/aromatic N) is 1. The number of carbonyl (C=O) groups excluding carboxylic acids is 7. The van der Waals surface area contributed by atoms with Gasteiger partial charge in [-0.2, -0.15) is 0 Å². The maximum absolute atomic E-state index is 11.7. The number of Topliss-reactive ketones (excluding diaryl/α,β-unsaturated/α-hetero) is 2. The van der Waals surface area contributed by atoms with Crippen molar-refractivity contribution in [1.82, 2.24) is 4.90 Å². The van der Waals surface area contributed by atoms with Gasteiger partial charge in [-0.25, -0.2) is 33.6 Å². The SMILES string of the molecule is CC(=O)O[C@@H]1CC(=O)OC1=O.COc1ccc(CCO)cc1OC.O=C(O)/C=C\C(=O)O.O=C(O)/C=C\C(=O)O.O=C(O)/C=C\C(=O)O.O=C1CCCCC1Cl.[CH2-]COC1CCCCC1=O.[CH2-]CO[C@@H]1CCCC[C@H]1N.[CH2-]CO[C@@H]1CCCC[C@H]1N.[CH2-]CO[C@@H]1CCCC[C@H]1N1C(=O)C[C@@H](O)C1=O.[Y].[Y].[Y].[Y]. The summed E-state index contributed by atoms with van der Waals surface area (Å²) in [6.07, 6.45) is 22.5. The van der Waals surface area contributed by atoms with Crippen molar-refractivity contribution >= 4 is 88.7 Å². The molecule has 1 aromatic rings. The summed E-state index contributed by atoms with van der Waals surface area (Å²) in [7, 11) is 3.20. The first-order chi connectivity index (χ1) is 48.8. The maximum Gasteiger partial charge on any atom is 0.355 e. The minimum atomic E-state index is -1.26. The molecular formula is C70H104ClN3O29Y4-4. The normalized spacial score (nSPS) is 22.4. The average molecular weight is 1840 g/mol. The number of esters is 3. The number of aliphatic carboxylic acids is 6. The number of halogens is 1. The fourth-order valence-electron chi connectivity index (χ4n) is 10.2. The zero-order valence-corrected chi connectivity index (χ0v) is 73.1. The summed E-state index contributed by atoms with van der Waals surface area (Å²) >= 11 is 5.62. The number of imide groups is 1. The number of carboxylic acids is 6. The Balaban J connectivity index is -0.000000266. The number of cyclic esters (lactones) is 2. The number of carboxylic acid groups (broad SMARTS) is 6. The molecule has 32 nitrogen and oxygen atoms in total. The molecule has 4 radical (unpaired) electrons. The van der Waals surface area contributed by atoms with Crippen molar-refractivity contribution in [2.24, 2.45) is 11.5 Å². The summed E-state index contributed by atoms with van der Waals surface area (Å²) in [5, 5.41) is 64.9. The molecular weight excluding hydrogens is 1740 g/mol. The van der Waals surface area contributed by atoms with E-state index in [0.717, 1.165) is 102 Å². The molecule has 10 atom stereocenters. The third kappa shape index (κ3) is 57.1. The van der Waals surface area contributed by atoms with Gasteiger partial charge in [-0.05, 0) is 94.7 Å². The first-order valence-electron chi connectivity index (χ1n) is 33.3.